The number of hydrogen-bond acceptors (Lipinski definition) is 1. The average Bonchev–Trinajstić information content (AvgIpc) is 2.26. The van der Waals surface area contributed by atoms with Crippen molar-refractivity contribution < 1.29 is 0 Å². The summed E-state index contributed by atoms with van der Waals surface area (Å²) in [6.07, 6.45) is 1.92. The van der Waals surface area contributed by atoms with Gasteiger partial charge in [-0.15, -0.1) is 0 Å². The van der Waals surface area contributed by atoms with Crippen LogP contribution in [-0.2, 0) is 0 Å². The number of nitrogens with zero attached hydrogens (tertiary/aromatic N) is 1. The predicted octanol–water partition coefficient (Wildman–Crippen LogP) is 4.03. The van der Waals surface area contributed by atoms with Crippen molar-refractivity contribution in [3.8, 4) is 0 Å². The molecule has 0 N–H and O–H groups in total. The first-order valence-electron chi connectivity index (χ1n) is 5.19. The highest BCUT2D eigenvalue weighted by molar-refractivity contribution is 5.89. The second-order valence-corrected chi connectivity index (χ2v) is 3.50. The van der Waals surface area contributed by atoms with Crippen LogP contribution >= 0.6 is 0 Å². The summed E-state index contributed by atoms with van der Waals surface area (Å²) in [6.45, 7) is 8.30. The van der Waals surface area contributed by atoms with Gasteiger partial charge in [0, 0.05) is 5.71 Å². The second kappa shape index (κ2) is 5.58. The largest absolute Gasteiger partial charge is 0.258 e. The molecule has 0 saturated carbocycles. The zero-order valence-electron chi connectivity index (χ0n) is 9.03. The molecule has 14 heavy (non-hydrogen) atoms. The topological polar surface area (TPSA) is 12.4 Å². The van der Waals surface area contributed by atoms with Crippen LogP contribution in [0.4, 0.5) is 5.69 Å². The van der Waals surface area contributed by atoms with Crippen LogP contribution in [0.15, 0.2) is 35.3 Å². The first-order chi connectivity index (χ1) is 6.77. The van der Waals surface area contributed by atoms with Crippen molar-refractivity contribution in [3.05, 3.63) is 37.3 Å². The maximum Gasteiger partial charge on any atom is 0.0629 e. The summed E-state index contributed by atoms with van der Waals surface area (Å²) in [5.74, 6) is 0.535. The second-order valence-electron chi connectivity index (χ2n) is 3.50. The lowest BCUT2D eigenvalue weighted by Crippen LogP contribution is -2.08. The van der Waals surface area contributed by atoms with Gasteiger partial charge in [0.2, 0.25) is 0 Å². The molecule has 0 aromatic heterocycles. The fourth-order valence-corrected chi connectivity index (χ4v) is 1.32. The van der Waals surface area contributed by atoms with Crippen LogP contribution in [0.1, 0.15) is 26.7 Å². The minimum Gasteiger partial charge on any atom is -0.258 e. The Morgan fingerprint density at radius 1 is 1.36 bits per heavy atom. The summed E-state index contributed by atoms with van der Waals surface area (Å²) in [5, 5.41) is 0. The van der Waals surface area contributed by atoms with Gasteiger partial charge in [-0.1, -0.05) is 32.0 Å². The summed E-state index contributed by atoms with van der Waals surface area (Å²) in [5.41, 5.74) is 2.23. The van der Waals surface area contributed by atoms with Crippen molar-refractivity contribution in [1.82, 2.24) is 0 Å². The van der Waals surface area contributed by atoms with Gasteiger partial charge in [0.05, 0.1) is 5.69 Å². The van der Waals surface area contributed by atoms with Gasteiger partial charge < -0.3 is 0 Å². The first-order valence-corrected chi connectivity index (χ1v) is 5.19. The average molecular weight is 188 g/mol. The Hall–Kier alpha value is -1.11. The predicted molar refractivity (Wildman–Crippen MR) is 63.0 cm³/mol. The minimum absolute atomic E-state index is 0.535. The van der Waals surface area contributed by atoms with Gasteiger partial charge in [0.1, 0.15) is 0 Å². The molecule has 0 aliphatic rings. The van der Waals surface area contributed by atoms with E-state index < -0.39 is 0 Å². The lowest BCUT2D eigenvalue weighted by atomic mass is 10.0. The summed E-state index contributed by atoms with van der Waals surface area (Å²) >= 11 is 0. The van der Waals surface area contributed by atoms with Gasteiger partial charge in [-0.2, -0.15) is 0 Å². The van der Waals surface area contributed by atoms with Gasteiger partial charge in [0.25, 0.3) is 0 Å². The third kappa shape index (κ3) is 2.99. The third-order valence-corrected chi connectivity index (χ3v) is 2.47. The van der Waals surface area contributed by atoms with Gasteiger partial charge in [-0.25, -0.2) is 0 Å². The van der Waals surface area contributed by atoms with Crippen molar-refractivity contribution in [2.75, 3.05) is 0 Å². The Bertz CT molecular complexity index is 287. The molecule has 1 rings (SSSR count). The van der Waals surface area contributed by atoms with E-state index in [0.29, 0.717) is 5.92 Å². The standard InChI is InChI=1S/C13H18N/c1-4-11(3)13(5-2)14-12-9-7-6-8-10-12/h6-11H,2,4-5H2,1,3H3. The van der Waals surface area contributed by atoms with E-state index in [-0.39, 0.29) is 0 Å². The fraction of sp³-hybridized carbons (Fsp3) is 0.385. The maximum atomic E-state index is 4.60. The Kier molecular flexibility index (Phi) is 4.37. The highest BCUT2D eigenvalue weighted by Gasteiger charge is 2.05. The Balaban J connectivity index is 2.84. The molecule has 1 atom stereocenters. The Morgan fingerprint density at radius 2 is 2.00 bits per heavy atom. The SMILES string of the molecule is [CH2]CC(=Nc1ccccc1)C(C)CC. The smallest absolute Gasteiger partial charge is 0.0629 e. The maximum absolute atomic E-state index is 4.60. The molecule has 0 aliphatic heterocycles. The molecule has 0 heterocycles. The number of benzene rings is 1. The first kappa shape index (κ1) is 11.0. The van der Waals surface area contributed by atoms with Crippen LogP contribution < -0.4 is 0 Å². The number of rotatable bonds is 4. The lowest BCUT2D eigenvalue weighted by Gasteiger charge is -2.10. The zero-order chi connectivity index (χ0) is 10.4. The fourth-order valence-electron chi connectivity index (χ4n) is 1.32. The quantitative estimate of drug-likeness (QED) is 0.632. The van der Waals surface area contributed by atoms with E-state index in [1.165, 1.54) is 5.71 Å². The number of aliphatic imine (C=N–C) groups is 1. The van der Waals surface area contributed by atoms with Crippen molar-refractivity contribution in [2.45, 2.75) is 26.7 Å². The highest BCUT2D eigenvalue weighted by atomic mass is 14.7. The normalized spacial score (nSPS) is 14.1. The summed E-state index contributed by atoms with van der Waals surface area (Å²) in [4.78, 5) is 4.60. The van der Waals surface area contributed by atoms with Gasteiger partial charge >= 0.3 is 0 Å². The molecule has 1 aromatic rings. The molecular weight excluding hydrogens is 170 g/mol. The lowest BCUT2D eigenvalue weighted by molar-refractivity contribution is 0.730. The molecule has 0 spiro atoms. The summed E-state index contributed by atoms with van der Waals surface area (Å²) < 4.78 is 0. The zero-order valence-corrected chi connectivity index (χ0v) is 9.03. The molecule has 1 unspecified atom stereocenters. The van der Waals surface area contributed by atoms with Crippen LogP contribution in [-0.4, -0.2) is 5.71 Å². The molecule has 0 saturated heterocycles. The molecule has 0 aliphatic carbocycles. The van der Waals surface area contributed by atoms with Gasteiger partial charge in [-0.05, 0) is 37.8 Å². The van der Waals surface area contributed by atoms with Crippen LogP contribution in [0, 0.1) is 12.8 Å². The molecule has 1 aromatic carbocycles. The molecule has 0 fully saturated rings. The number of para-hydroxylation sites is 1. The molecule has 0 amide bonds. The van der Waals surface area contributed by atoms with Crippen molar-refractivity contribution in [2.24, 2.45) is 10.9 Å². The van der Waals surface area contributed by atoms with Crippen molar-refractivity contribution in [1.29, 1.82) is 0 Å². The van der Waals surface area contributed by atoms with E-state index in [1.54, 1.807) is 0 Å². The molecule has 1 heteroatoms. The van der Waals surface area contributed by atoms with E-state index in [0.717, 1.165) is 18.5 Å². The molecule has 1 radical (unpaired) electrons. The van der Waals surface area contributed by atoms with E-state index in [4.69, 9.17) is 0 Å². The molecule has 1 nitrogen and oxygen atoms in total. The number of hydrogen-bond donors (Lipinski definition) is 0. The minimum atomic E-state index is 0.535. The Morgan fingerprint density at radius 3 is 2.50 bits per heavy atom. The van der Waals surface area contributed by atoms with Crippen LogP contribution in [0.3, 0.4) is 0 Å². The van der Waals surface area contributed by atoms with Crippen LogP contribution in [0.2, 0.25) is 0 Å². The van der Waals surface area contributed by atoms with E-state index in [1.807, 2.05) is 30.3 Å². The monoisotopic (exact) mass is 188 g/mol. The third-order valence-electron chi connectivity index (χ3n) is 2.47. The Labute approximate surface area is 86.9 Å². The van der Waals surface area contributed by atoms with Crippen LogP contribution in [0.5, 0.6) is 0 Å². The molecular formula is C13H18N. The van der Waals surface area contributed by atoms with E-state index >= 15 is 0 Å². The van der Waals surface area contributed by atoms with Gasteiger partial charge in [-0.3, -0.25) is 4.99 Å². The van der Waals surface area contributed by atoms with Crippen molar-refractivity contribution >= 4 is 11.4 Å². The van der Waals surface area contributed by atoms with Crippen LogP contribution in [0.25, 0.3) is 0 Å². The van der Waals surface area contributed by atoms with E-state index in [9.17, 15) is 0 Å². The van der Waals surface area contributed by atoms with Gasteiger partial charge in [0.15, 0.2) is 0 Å². The van der Waals surface area contributed by atoms with Crippen molar-refractivity contribution in [3.63, 3.8) is 0 Å². The van der Waals surface area contributed by atoms with E-state index in [2.05, 4.69) is 25.8 Å². The summed E-state index contributed by atoms with van der Waals surface area (Å²) in [7, 11) is 0. The molecule has 0 bridgehead atoms. The molecule has 75 valence electrons. The highest BCUT2D eigenvalue weighted by Crippen LogP contribution is 2.15. The summed E-state index contributed by atoms with van der Waals surface area (Å²) in [6, 6.07) is 10.1.